The van der Waals surface area contributed by atoms with E-state index in [2.05, 4.69) is 56.5 Å². The molecular formula is C14H27N3. The average molecular weight is 237 g/mol. The predicted molar refractivity (Wildman–Crippen MR) is 73.1 cm³/mol. The second-order valence-electron chi connectivity index (χ2n) is 6.72. The van der Waals surface area contributed by atoms with Crippen molar-refractivity contribution in [2.75, 3.05) is 6.54 Å². The Morgan fingerprint density at radius 1 is 1.24 bits per heavy atom. The maximum Gasteiger partial charge on any atom is 0.108 e. The number of nitrogens with zero attached hydrogens (tertiary/aromatic N) is 2. The van der Waals surface area contributed by atoms with Crippen molar-refractivity contribution in [3.63, 3.8) is 0 Å². The van der Waals surface area contributed by atoms with Crippen LogP contribution in [-0.2, 0) is 13.5 Å². The number of aromatic nitrogens is 2. The van der Waals surface area contributed by atoms with E-state index < -0.39 is 0 Å². The van der Waals surface area contributed by atoms with Crippen LogP contribution in [0.1, 0.15) is 46.9 Å². The monoisotopic (exact) mass is 237 g/mol. The van der Waals surface area contributed by atoms with Crippen molar-refractivity contribution >= 4 is 0 Å². The minimum Gasteiger partial charge on any atom is -0.338 e. The highest BCUT2D eigenvalue weighted by molar-refractivity contribution is 4.92. The molecule has 3 heteroatoms. The molecule has 0 saturated heterocycles. The smallest absolute Gasteiger partial charge is 0.108 e. The van der Waals surface area contributed by atoms with Gasteiger partial charge >= 0.3 is 0 Å². The molecule has 0 unspecified atom stereocenters. The predicted octanol–water partition coefficient (Wildman–Crippen LogP) is 2.77. The molecule has 0 aliphatic carbocycles. The van der Waals surface area contributed by atoms with Crippen LogP contribution in [0.25, 0.3) is 0 Å². The second kappa shape index (κ2) is 5.21. The van der Waals surface area contributed by atoms with Gasteiger partial charge in [0.15, 0.2) is 0 Å². The lowest BCUT2D eigenvalue weighted by Gasteiger charge is -2.30. The minimum atomic E-state index is 0.195. The molecule has 3 nitrogen and oxygen atoms in total. The summed E-state index contributed by atoms with van der Waals surface area (Å²) >= 11 is 0. The quantitative estimate of drug-likeness (QED) is 0.853. The largest absolute Gasteiger partial charge is 0.338 e. The third-order valence-electron chi connectivity index (χ3n) is 3.04. The van der Waals surface area contributed by atoms with Crippen LogP contribution in [0.15, 0.2) is 12.4 Å². The fourth-order valence-electron chi connectivity index (χ4n) is 1.68. The van der Waals surface area contributed by atoms with Gasteiger partial charge < -0.3 is 9.88 Å². The lowest BCUT2D eigenvalue weighted by atomic mass is 9.86. The topological polar surface area (TPSA) is 29.9 Å². The van der Waals surface area contributed by atoms with E-state index >= 15 is 0 Å². The maximum absolute atomic E-state index is 4.37. The Bertz CT molecular complexity index is 345. The van der Waals surface area contributed by atoms with Gasteiger partial charge in [-0.25, -0.2) is 4.98 Å². The number of nitrogens with one attached hydrogen (secondary N) is 1. The normalized spacial score (nSPS) is 13.1. The highest BCUT2D eigenvalue weighted by Crippen LogP contribution is 2.22. The van der Waals surface area contributed by atoms with Gasteiger partial charge in [-0.05, 0) is 32.6 Å². The molecule has 1 N–H and O–H groups in total. The zero-order chi connectivity index (χ0) is 13.1. The molecule has 98 valence electrons. The van der Waals surface area contributed by atoms with Gasteiger partial charge in [-0.15, -0.1) is 0 Å². The van der Waals surface area contributed by atoms with E-state index in [1.165, 1.54) is 5.82 Å². The van der Waals surface area contributed by atoms with E-state index in [1.807, 2.05) is 12.4 Å². The van der Waals surface area contributed by atoms with Crippen LogP contribution >= 0.6 is 0 Å². The number of aryl methyl sites for hydroxylation is 2. The summed E-state index contributed by atoms with van der Waals surface area (Å²) in [5, 5.41) is 3.58. The van der Waals surface area contributed by atoms with Gasteiger partial charge in [0, 0.05) is 37.9 Å². The lowest BCUT2D eigenvalue weighted by molar-refractivity contribution is 0.271. The lowest BCUT2D eigenvalue weighted by Crippen LogP contribution is -2.42. The number of imidazole rings is 1. The summed E-state index contributed by atoms with van der Waals surface area (Å²) in [5.41, 5.74) is 0.500. The van der Waals surface area contributed by atoms with E-state index in [0.29, 0.717) is 5.41 Å². The van der Waals surface area contributed by atoms with Crippen LogP contribution in [0.5, 0.6) is 0 Å². The third kappa shape index (κ3) is 5.35. The van der Waals surface area contributed by atoms with Crippen molar-refractivity contribution in [2.45, 2.75) is 53.0 Å². The standard InChI is InChI=1S/C14H27N3/c1-13(2,3)16-11-14(4,5)8-7-12-15-9-10-17(12)6/h9-10,16H,7-8,11H2,1-6H3. The summed E-state index contributed by atoms with van der Waals surface area (Å²) in [5.74, 6) is 1.17. The third-order valence-corrected chi connectivity index (χ3v) is 3.04. The van der Waals surface area contributed by atoms with Crippen molar-refractivity contribution in [2.24, 2.45) is 12.5 Å². The molecule has 1 rings (SSSR count). The Morgan fingerprint density at radius 2 is 1.88 bits per heavy atom. The molecular weight excluding hydrogens is 210 g/mol. The first-order valence-electron chi connectivity index (χ1n) is 6.41. The van der Waals surface area contributed by atoms with Gasteiger partial charge in [0.2, 0.25) is 0 Å². The molecule has 0 aliphatic rings. The van der Waals surface area contributed by atoms with E-state index in [1.54, 1.807) is 0 Å². The molecule has 0 atom stereocenters. The van der Waals surface area contributed by atoms with Gasteiger partial charge in [0.1, 0.15) is 5.82 Å². The van der Waals surface area contributed by atoms with Crippen LogP contribution < -0.4 is 5.32 Å². The van der Waals surface area contributed by atoms with Crippen LogP contribution in [-0.4, -0.2) is 21.6 Å². The van der Waals surface area contributed by atoms with Crippen LogP contribution in [0.4, 0.5) is 0 Å². The van der Waals surface area contributed by atoms with Crippen molar-refractivity contribution in [1.29, 1.82) is 0 Å². The first kappa shape index (κ1) is 14.2. The SMILES string of the molecule is Cn1ccnc1CCC(C)(C)CNC(C)(C)C. The number of hydrogen-bond donors (Lipinski definition) is 1. The summed E-state index contributed by atoms with van der Waals surface area (Å²) in [6, 6.07) is 0. The molecule has 0 spiro atoms. The van der Waals surface area contributed by atoms with E-state index in [0.717, 1.165) is 19.4 Å². The molecule has 0 aromatic carbocycles. The fraction of sp³-hybridized carbons (Fsp3) is 0.786. The molecule has 1 heterocycles. The van der Waals surface area contributed by atoms with Crippen LogP contribution in [0, 0.1) is 5.41 Å². The zero-order valence-corrected chi connectivity index (χ0v) is 12.2. The first-order chi connectivity index (χ1) is 7.70. The van der Waals surface area contributed by atoms with E-state index in [-0.39, 0.29) is 5.54 Å². The summed E-state index contributed by atoms with van der Waals surface area (Å²) in [6.07, 6.45) is 6.08. The molecule has 0 radical (unpaired) electrons. The van der Waals surface area contributed by atoms with Crippen molar-refractivity contribution in [3.8, 4) is 0 Å². The summed E-state index contributed by atoms with van der Waals surface area (Å²) in [4.78, 5) is 4.37. The zero-order valence-electron chi connectivity index (χ0n) is 12.2. The van der Waals surface area contributed by atoms with Gasteiger partial charge in [-0.1, -0.05) is 13.8 Å². The molecule has 1 aromatic heterocycles. The molecule has 0 amide bonds. The van der Waals surface area contributed by atoms with Gasteiger partial charge in [-0.3, -0.25) is 0 Å². The molecule has 0 fully saturated rings. The maximum atomic E-state index is 4.37. The minimum absolute atomic E-state index is 0.195. The highest BCUT2D eigenvalue weighted by Gasteiger charge is 2.21. The summed E-state index contributed by atoms with van der Waals surface area (Å²) < 4.78 is 2.10. The van der Waals surface area contributed by atoms with Gasteiger partial charge in [0.05, 0.1) is 0 Å². The van der Waals surface area contributed by atoms with Crippen molar-refractivity contribution in [3.05, 3.63) is 18.2 Å². The average Bonchev–Trinajstić information content (AvgIpc) is 2.58. The Morgan fingerprint density at radius 3 is 2.35 bits per heavy atom. The highest BCUT2D eigenvalue weighted by atomic mass is 15.0. The second-order valence-corrected chi connectivity index (χ2v) is 6.72. The summed E-state index contributed by atoms with van der Waals surface area (Å²) in [7, 11) is 2.06. The molecule has 0 saturated carbocycles. The van der Waals surface area contributed by atoms with Gasteiger partial charge in [0.25, 0.3) is 0 Å². The molecule has 0 aliphatic heterocycles. The van der Waals surface area contributed by atoms with E-state index in [4.69, 9.17) is 0 Å². The number of rotatable bonds is 5. The van der Waals surface area contributed by atoms with Crippen LogP contribution in [0.3, 0.4) is 0 Å². The van der Waals surface area contributed by atoms with Gasteiger partial charge in [-0.2, -0.15) is 0 Å². The Hall–Kier alpha value is -0.830. The van der Waals surface area contributed by atoms with Crippen molar-refractivity contribution < 1.29 is 0 Å². The fourth-order valence-corrected chi connectivity index (χ4v) is 1.68. The van der Waals surface area contributed by atoms with Crippen molar-refractivity contribution in [1.82, 2.24) is 14.9 Å². The van der Waals surface area contributed by atoms with E-state index in [9.17, 15) is 0 Å². The van der Waals surface area contributed by atoms with Crippen LogP contribution in [0.2, 0.25) is 0 Å². The Labute approximate surface area is 106 Å². The Kier molecular flexibility index (Phi) is 4.36. The number of hydrogen-bond acceptors (Lipinski definition) is 2. The summed E-state index contributed by atoms with van der Waals surface area (Å²) in [6.45, 7) is 12.3. The molecule has 1 aromatic rings. The first-order valence-corrected chi connectivity index (χ1v) is 6.41. The molecule has 0 bridgehead atoms. The Balaban J connectivity index is 2.42. The molecule has 17 heavy (non-hydrogen) atoms.